The minimum absolute atomic E-state index is 0.0844. The summed E-state index contributed by atoms with van der Waals surface area (Å²) in [5.41, 5.74) is 4.36. The van der Waals surface area contributed by atoms with Gasteiger partial charge in [0.25, 0.3) is 0 Å². The minimum Gasteiger partial charge on any atom is -0.481 e. The summed E-state index contributed by atoms with van der Waals surface area (Å²) >= 11 is 0. The van der Waals surface area contributed by atoms with Gasteiger partial charge in [0.05, 0.1) is 12.5 Å². The van der Waals surface area contributed by atoms with Crippen LogP contribution in [0.4, 0.5) is 4.79 Å². The number of carbonyl (C=O) groups excluding carboxylic acids is 2. The summed E-state index contributed by atoms with van der Waals surface area (Å²) < 4.78 is 10.7. The Morgan fingerprint density at radius 1 is 1.09 bits per heavy atom. The lowest BCUT2D eigenvalue weighted by Gasteiger charge is -2.23. The number of rotatable bonds is 7. The van der Waals surface area contributed by atoms with Crippen LogP contribution in [-0.2, 0) is 19.1 Å². The van der Waals surface area contributed by atoms with Crippen LogP contribution >= 0.6 is 0 Å². The van der Waals surface area contributed by atoms with E-state index >= 15 is 0 Å². The third-order valence-corrected chi connectivity index (χ3v) is 6.10. The molecule has 2 unspecified atom stereocenters. The van der Waals surface area contributed by atoms with Crippen LogP contribution in [0.15, 0.2) is 48.5 Å². The molecular formula is C24H26N2O6. The van der Waals surface area contributed by atoms with Gasteiger partial charge < -0.3 is 24.8 Å². The molecule has 168 valence electrons. The van der Waals surface area contributed by atoms with Crippen molar-refractivity contribution in [3.8, 4) is 11.1 Å². The summed E-state index contributed by atoms with van der Waals surface area (Å²) in [4.78, 5) is 38.1. The monoisotopic (exact) mass is 438 g/mol. The maximum Gasteiger partial charge on any atom is 0.407 e. The van der Waals surface area contributed by atoms with Gasteiger partial charge in [-0.3, -0.25) is 9.59 Å². The van der Waals surface area contributed by atoms with E-state index in [1.165, 1.54) is 4.90 Å². The number of nitrogens with zero attached hydrogens (tertiary/aromatic N) is 1. The fourth-order valence-electron chi connectivity index (χ4n) is 4.50. The zero-order valence-corrected chi connectivity index (χ0v) is 17.8. The van der Waals surface area contributed by atoms with Gasteiger partial charge in [0.1, 0.15) is 12.6 Å². The average molecular weight is 438 g/mol. The highest BCUT2D eigenvalue weighted by molar-refractivity contribution is 5.89. The van der Waals surface area contributed by atoms with Crippen LogP contribution in [0.2, 0.25) is 0 Å². The minimum atomic E-state index is -1.20. The van der Waals surface area contributed by atoms with E-state index in [1.807, 2.05) is 48.5 Å². The number of carbonyl (C=O) groups is 3. The van der Waals surface area contributed by atoms with Crippen LogP contribution < -0.4 is 5.32 Å². The maximum absolute atomic E-state index is 12.8. The standard InChI is InChI=1S/C24H26N2O6/c1-31-15-10-11-26(13-15)23(29)21(12-22(27)28)25-24(30)32-14-20-18-8-4-2-6-16(18)17-7-3-5-9-19(17)20/h2-9,15,20-21H,10-14H2,1H3,(H,25,30)(H,27,28). The number of alkyl carbamates (subject to hydrolysis) is 1. The number of fused-ring (bicyclic) bond motifs is 3. The van der Waals surface area contributed by atoms with Crippen LogP contribution in [0, 0.1) is 0 Å². The highest BCUT2D eigenvalue weighted by Crippen LogP contribution is 2.44. The number of benzene rings is 2. The average Bonchev–Trinajstić information content (AvgIpc) is 3.39. The van der Waals surface area contributed by atoms with Crippen molar-refractivity contribution in [2.45, 2.75) is 30.9 Å². The van der Waals surface area contributed by atoms with E-state index in [0.717, 1.165) is 22.3 Å². The molecule has 0 radical (unpaired) electrons. The first-order valence-electron chi connectivity index (χ1n) is 10.6. The van der Waals surface area contributed by atoms with Gasteiger partial charge in [-0.05, 0) is 28.7 Å². The highest BCUT2D eigenvalue weighted by Gasteiger charge is 2.34. The second kappa shape index (κ2) is 9.40. The Morgan fingerprint density at radius 3 is 2.28 bits per heavy atom. The largest absolute Gasteiger partial charge is 0.481 e. The molecule has 8 heteroatoms. The summed E-state index contributed by atoms with van der Waals surface area (Å²) in [6.45, 7) is 0.918. The third kappa shape index (κ3) is 4.45. The molecular weight excluding hydrogens is 412 g/mol. The van der Waals surface area contributed by atoms with Crippen LogP contribution in [0.1, 0.15) is 29.9 Å². The Labute approximate surface area is 186 Å². The zero-order valence-electron chi connectivity index (χ0n) is 17.8. The second-order valence-electron chi connectivity index (χ2n) is 8.05. The fourth-order valence-corrected chi connectivity index (χ4v) is 4.50. The van der Waals surface area contributed by atoms with Gasteiger partial charge in [0.15, 0.2) is 0 Å². The molecule has 1 aliphatic carbocycles. The van der Waals surface area contributed by atoms with Gasteiger partial charge in [0, 0.05) is 26.1 Å². The highest BCUT2D eigenvalue weighted by atomic mass is 16.5. The first kappa shape index (κ1) is 21.8. The van der Waals surface area contributed by atoms with E-state index in [1.54, 1.807) is 7.11 Å². The van der Waals surface area contributed by atoms with Crippen molar-refractivity contribution in [1.82, 2.24) is 10.2 Å². The molecule has 2 aromatic carbocycles. The number of carboxylic acids is 1. The molecule has 0 saturated carbocycles. The molecule has 1 fully saturated rings. The van der Waals surface area contributed by atoms with Crippen LogP contribution in [0.25, 0.3) is 11.1 Å². The number of aliphatic carboxylic acids is 1. The van der Waals surface area contributed by atoms with Gasteiger partial charge in [-0.1, -0.05) is 48.5 Å². The Morgan fingerprint density at radius 2 is 1.72 bits per heavy atom. The topological polar surface area (TPSA) is 105 Å². The van der Waals surface area contributed by atoms with Gasteiger partial charge >= 0.3 is 12.1 Å². The number of nitrogens with one attached hydrogen (secondary N) is 1. The van der Waals surface area contributed by atoms with Crippen molar-refractivity contribution >= 4 is 18.0 Å². The summed E-state index contributed by atoms with van der Waals surface area (Å²) in [6.07, 6.45) is -0.739. The SMILES string of the molecule is COC1CCN(C(=O)C(CC(=O)O)NC(=O)OCC2c3ccccc3-c3ccccc32)C1. The number of hydrogen-bond donors (Lipinski definition) is 2. The number of carboxylic acid groups (broad SMARTS) is 1. The van der Waals surface area contributed by atoms with Gasteiger partial charge in [-0.15, -0.1) is 0 Å². The van der Waals surface area contributed by atoms with Crippen molar-refractivity contribution in [2.75, 3.05) is 26.8 Å². The lowest BCUT2D eigenvalue weighted by Crippen LogP contribution is -2.49. The molecule has 1 aliphatic heterocycles. The van der Waals surface area contributed by atoms with Crippen molar-refractivity contribution in [1.29, 1.82) is 0 Å². The quantitative estimate of drug-likeness (QED) is 0.689. The van der Waals surface area contributed by atoms with Crippen LogP contribution in [0.5, 0.6) is 0 Å². The Kier molecular flexibility index (Phi) is 6.41. The van der Waals surface area contributed by atoms with Gasteiger partial charge in [-0.25, -0.2) is 4.79 Å². The molecule has 4 rings (SSSR count). The lowest BCUT2D eigenvalue weighted by atomic mass is 9.98. The van der Waals surface area contributed by atoms with Crippen LogP contribution in [0.3, 0.4) is 0 Å². The van der Waals surface area contributed by atoms with Crippen LogP contribution in [-0.4, -0.2) is 66.9 Å². The normalized spacial score (nSPS) is 18.0. The molecule has 1 saturated heterocycles. The molecule has 0 aromatic heterocycles. The number of likely N-dealkylation sites (tertiary alicyclic amines) is 1. The number of amides is 2. The van der Waals surface area contributed by atoms with Crippen molar-refractivity contribution < 1.29 is 29.0 Å². The zero-order chi connectivity index (χ0) is 22.7. The molecule has 2 amide bonds. The molecule has 2 aliphatic rings. The van der Waals surface area contributed by atoms with Crippen molar-refractivity contribution in [3.63, 3.8) is 0 Å². The molecule has 1 heterocycles. The third-order valence-electron chi connectivity index (χ3n) is 6.10. The van der Waals surface area contributed by atoms with E-state index < -0.39 is 30.4 Å². The van der Waals surface area contributed by atoms with E-state index in [0.29, 0.717) is 19.5 Å². The van der Waals surface area contributed by atoms with Crippen molar-refractivity contribution in [2.24, 2.45) is 0 Å². The lowest BCUT2D eigenvalue weighted by molar-refractivity contribution is -0.142. The molecule has 2 atom stereocenters. The molecule has 8 nitrogen and oxygen atoms in total. The summed E-state index contributed by atoms with van der Waals surface area (Å²) in [6, 6.07) is 14.7. The number of ether oxygens (including phenoxy) is 2. The number of methoxy groups -OCH3 is 1. The van der Waals surface area contributed by atoms with Gasteiger partial charge in [-0.2, -0.15) is 0 Å². The van der Waals surface area contributed by atoms with Crippen molar-refractivity contribution in [3.05, 3.63) is 59.7 Å². The van der Waals surface area contributed by atoms with E-state index in [9.17, 15) is 19.5 Å². The predicted octanol–water partition coefficient (Wildman–Crippen LogP) is 2.62. The van der Waals surface area contributed by atoms with E-state index in [2.05, 4.69) is 5.32 Å². The predicted molar refractivity (Wildman–Crippen MR) is 116 cm³/mol. The van der Waals surface area contributed by atoms with Gasteiger partial charge in [0.2, 0.25) is 5.91 Å². The summed E-state index contributed by atoms with van der Waals surface area (Å²) in [7, 11) is 1.57. The smallest absolute Gasteiger partial charge is 0.407 e. The molecule has 2 N–H and O–H groups in total. The summed E-state index contributed by atoms with van der Waals surface area (Å²) in [5, 5.41) is 11.7. The molecule has 2 aromatic rings. The first-order chi connectivity index (χ1) is 15.5. The molecule has 32 heavy (non-hydrogen) atoms. The Bertz CT molecular complexity index is 978. The second-order valence-corrected chi connectivity index (χ2v) is 8.05. The van der Waals surface area contributed by atoms with E-state index in [4.69, 9.17) is 9.47 Å². The number of hydrogen-bond acceptors (Lipinski definition) is 5. The summed E-state index contributed by atoms with van der Waals surface area (Å²) in [5.74, 6) is -1.74. The Hall–Kier alpha value is -3.39. The molecule has 0 bridgehead atoms. The molecule has 0 spiro atoms. The Balaban J connectivity index is 1.42. The maximum atomic E-state index is 12.8. The first-order valence-corrected chi connectivity index (χ1v) is 10.6. The fraction of sp³-hybridized carbons (Fsp3) is 0.375. The van der Waals surface area contributed by atoms with E-state index in [-0.39, 0.29) is 18.6 Å².